The van der Waals surface area contributed by atoms with Gasteiger partial charge in [-0.2, -0.15) is 5.26 Å². The predicted octanol–water partition coefficient (Wildman–Crippen LogP) is 6.05. The highest BCUT2D eigenvalue weighted by Gasteiger charge is 2.35. The van der Waals surface area contributed by atoms with Crippen LogP contribution in [0.25, 0.3) is 11.8 Å². The molecule has 1 atom stereocenters. The van der Waals surface area contributed by atoms with Crippen LogP contribution in [0.15, 0.2) is 112 Å². The number of hydrogen-bond donors (Lipinski definition) is 0. The Hall–Kier alpha value is -5.43. The molecule has 8 nitrogen and oxygen atoms in total. The van der Waals surface area contributed by atoms with E-state index < -0.39 is 12.0 Å². The molecule has 6 rings (SSSR count). The fourth-order valence-electron chi connectivity index (χ4n) is 5.34. The molecule has 0 bridgehead atoms. The first-order valence-electron chi connectivity index (χ1n) is 14.7. The van der Waals surface area contributed by atoms with E-state index >= 15 is 0 Å². The van der Waals surface area contributed by atoms with Gasteiger partial charge < -0.3 is 14.2 Å². The van der Waals surface area contributed by atoms with E-state index in [0.29, 0.717) is 42.7 Å². The maximum atomic E-state index is 14.2. The summed E-state index contributed by atoms with van der Waals surface area (Å²) in [5.74, 6) is 0.211. The predicted molar refractivity (Wildman–Crippen MR) is 181 cm³/mol. The Morgan fingerprint density at radius 2 is 1.74 bits per heavy atom. The van der Waals surface area contributed by atoms with Gasteiger partial charge in [0, 0.05) is 5.56 Å². The fraction of sp³-hybridized carbons (Fsp3) is 0.135. The Morgan fingerprint density at radius 3 is 2.40 bits per heavy atom. The number of ether oxygens (including phenoxy) is 3. The first kappa shape index (κ1) is 31.5. The van der Waals surface area contributed by atoms with Crippen molar-refractivity contribution < 1.29 is 19.0 Å². The zero-order valence-electron chi connectivity index (χ0n) is 25.5. The Morgan fingerprint density at radius 1 is 1.04 bits per heavy atom. The van der Waals surface area contributed by atoms with E-state index in [1.165, 1.54) is 18.4 Å². The number of aromatic nitrogens is 1. The molecule has 0 aliphatic carbocycles. The van der Waals surface area contributed by atoms with E-state index in [4.69, 9.17) is 36.1 Å². The normalized spacial score (nSPS) is 14.2. The van der Waals surface area contributed by atoms with Crippen molar-refractivity contribution in [3.63, 3.8) is 0 Å². The zero-order chi connectivity index (χ0) is 32.9. The van der Waals surface area contributed by atoms with Gasteiger partial charge in [0.1, 0.15) is 6.61 Å². The van der Waals surface area contributed by atoms with Crippen LogP contribution in [0.1, 0.15) is 40.8 Å². The molecular weight excluding hydrogens is 634 g/mol. The smallest absolute Gasteiger partial charge is 0.338 e. The quantitative estimate of drug-likeness (QED) is 0.178. The third-order valence-electron chi connectivity index (χ3n) is 7.50. The molecular formula is C37H28ClN3O5S. The Balaban J connectivity index is 1.46. The highest BCUT2D eigenvalue weighted by molar-refractivity contribution is 7.07. The first-order valence-corrected chi connectivity index (χ1v) is 15.9. The molecule has 47 heavy (non-hydrogen) atoms. The number of hydrogen-bond acceptors (Lipinski definition) is 8. The maximum Gasteiger partial charge on any atom is 0.338 e. The van der Waals surface area contributed by atoms with Gasteiger partial charge in [-0.15, -0.1) is 0 Å². The van der Waals surface area contributed by atoms with Crippen molar-refractivity contribution in [3.8, 4) is 17.6 Å². The highest BCUT2D eigenvalue weighted by Crippen LogP contribution is 2.38. The Labute approximate surface area is 279 Å². The van der Waals surface area contributed by atoms with Crippen LogP contribution in [0, 0.1) is 11.3 Å². The molecule has 0 saturated carbocycles. The molecule has 1 aliphatic heterocycles. The van der Waals surface area contributed by atoms with Crippen LogP contribution >= 0.6 is 22.9 Å². The SMILES string of the molecule is CCOC(=O)C1=C(c2ccccc2)N=c2s/c(=C\c3cc(Cl)c(OCc4ccc(C#N)cc4)c(OC)c3)c(=O)n2[C@@H]1c1ccccc1. The lowest BCUT2D eigenvalue weighted by Crippen LogP contribution is -2.39. The summed E-state index contributed by atoms with van der Waals surface area (Å²) in [6, 6.07) is 30.6. The number of fused-ring (bicyclic) bond motifs is 1. The number of benzene rings is 4. The van der Waals surface area contributed by atoms with Gasteiger partial charge in [-0.25, -0.2) is 9.79 Å². The second kappa shape index (κ2) is 13.9. The molecule has 2 heterocycles. The van der Waals surface area contributed by atoms with Crippen LogP contribution in [0.4, 0.5) is 0 Å². The summed E-state index contributed by atoms with van der Waals surface area (Å²) in [5.41, 5.74) is 3.96. The van der Waals surface area contributed by atoms with Gasteiger partial charge in [0.15, 0.2) is 16.3 Å². The van der Waals surface area contributed by atoms with E-state index in [-0.39, 0.29) is 24.3 Å². The minimum absolute atomic E-state index is 0.173. The van der Waals surface area contributed by atoms with Gasteiger partial charge in [-0.1, -0.05) is 95.7 Å². The van der Waals surface area contributed by atoms with Gasteiger partial charge >= 0.3 is 5.97 Å². The maximum absolute atomic E-state index is 14.2. The number of rotatable bonds is 9. The number of carbonyl (C=O) groups excluding carboxylic acids is 1. The van der Waals surface area contributed by atoms with Crippen LogP contribution in [0.2, 0.25) is 5.02 Å². The minimum Gasteiger partial charge on any atom is -0.493 e. The molecule has 0 unspecified atom stereocenters. The minimum atomic E-state index is -0.764. The summed E-state index contributed by atoms with van der Waals surface area (Å²) < 4.78 is 19.1. The summed E-state index contributed by atoms with van der Waals surface area (Å²) in [6.07, 6.45) is 1.72. The van der Waals surface area contributed by atoms with Crippen LogP contribution in [0.5, 0.6) is 11.5 Å². The lowest BCUT2D eigenvalue weighted by atomic mass is 9.93. The average molecular weight is 662 g/mol. The van der Waals surface area contributed by atoms with Gasteiger partial charge in [0.2, 0.25) is 0 Å². The standard InChI is InChI=1S/C37H28ClN3O5S/c1-3-45-36(43)31-32(26-10-6-4-7-11-26)40-37-41(33(31)27-12-8-5-9-13-27)35(42)30(47-37)20-25-18-28(38)34(29(19-25)44-2)46-22-24-16-14-23(21-39)15-17-24/h4-20,33H,3,22H2,1-2H3/b30-20-/t33-/m1/s1. The number of thiazole rings is 1. The van der Waals surface area contributed by atoms with Crippen molar-refractivity contribution in [1.82, 2.24) is 4.57 Å². The lowest BCUT2D eigenvalue weighted by Gasteiger charge is -2.25. The zero-order valence-corrected chi connectivity index (χ0v) is 27.0. The first-order chi connectivity index (χ1) is 22.9. The van der Waals surface area contributed by atoms with Crippen molar-refractivity contribution >= 4 is 40.7 Å². The molecule has 0 fully saturated rings. The van der Waals surface area contributed by atoms with E-state index in [1.807, 2.05) is 72.8 Å². The van der Waals surface area contributed by atoms with Gasteiger partial charge in [-0.05, 0) is 54.0 Å². The average Bonchev–Trinajstić information content (AvgIpc) is 3.41. The van der Waals surface area contributed by atoms with Gasteiger partial charge in [0.25, 0.3) is 5.56 Å². The summed E-state index contributed by atoms with van der Waals surface area (Å²) >= 11 is 7.90. The van der Waals surface area contributed by atoms with Crippen LogP contribution in [-0.4, -0.2) is 24.3 Å². The molecule has 4 aromatic carbocycles. The molecule has 0 N–H and O–H groups in total. The monoisotopic (exact) mass is 661 g/mol. The third-order valence-corrected chi connectivity index (χ3v) is 8.77. The van der Waals surface area contributed by atoms with E-state index in [0.717, 1.165) is 16.7 Å². The number of esters is 1. The molecule has 1 aromatic heterocycles. The second-order valence-corrected chi connectivity index (χ2v) is 11.9. The molecule has 10 heteroatoms. The number of halogens is 1. The van der Waals surface area contributed by atoms with E-state index in [2.05, 4.69) is 6.07 Å². The largest absolute Gasteiger partial charge is 0.493 e. The molecule has 0 radical (unpaired) electrons. The van der Waals surface area contributed by atoms with Crippen molar-refractivity contribution in [3.05, 3.63) is 155 Å². The number of carbonyl (C=O) groups is 1. The molecule has 0 amide bonds. The van der Waals surface area contributed by atoms with Crippen molar-refractivity contribution in [2.45, 2.75) is 19.6 Å². The lowest BCUT2D eigenvalue weighted by molar-refractivity contribution is -0.138. The number of nitrogens with zero attached hydrogens (tertiary/aromatic N) is 3. The van der Waals surface area contributed by atoms with E-state index in [1.54, 1.807) is 41.8 Å². The third kappa shape index (κ3) is 6.47. The molecule has 0 spiro atoms. The summed E-state index contributed by atoms with van der Waals surface area (Å²) in [5, 5.41) is 9.35. The van der Waals surface area contributed by atoms with Crippen molar-refractivity contribution in [1.29, 1.82) is 5.26 Å². The molecule has 234 valence electrons. The van der Waals surface area contributed by atoms with Crippen LogP contribution in [-0.2, 0) is 16.1 Å². The van der Waals surface area contributed by atoms with Gasteiger partial charge in [0.05, 0.1) is 52.2 Å². The number of methoxy groups -OCH3 is 1. The van der Waals surface area contributed by atoms with Crippen LogP contribution in [0.3, 0.4) is 0 Å². The summed E-state index contributed by atoms with van der Waals surface area (Å²) in [4.78, 5) is 33.1. The highest BCUT2D eigenvalue weighted by atomic mass is 35.5. The summed E-state index contributed by atoms with van der Waals surface area (Å²) in [7, 11) is 1.51. The molecule has 1 aliphatic rings. The van der Waals surface area contributed by atoms with Crippen molar-refractivity contribution in [2.24, 2.45) is 4.99 Å². The topological polar surface area (TPSA) is 103 Å². The second-order valence-electron chi connectivity index (χ2n) is 10.5. The van der Waals surface area contributed by atoms with Gasteiger partial charge in [-0.3, -0.25) is 9.36 Å². The van der Waals surface area contributed by atoms with Crippen molar-refractivity contribution in [2.75, 3.05) is 13.7 Å². The summed E-state index contributed by atoms with van der Waals surface area (Å²) in [6.45, 7) is 2.13. The fourth-order valence-corrected chi connectivity index (χ4v) is 6.61. The Bertz CT molecular complexity index is 2200. The molecule has 0 saturated heterocycles. The van der Waals surface area contributed by atoms with Crippen LogP contribution < -0.4 is 24.4 Å². The Kier molecular flexibility index (Phi) is 9.34. The molecule has 5 aromatic rings. The number of nitriles is 1. The van der Waals surface area contributed by atoms with E-state index in [9.17, 15) is 9.59 Å².